The number of rotatable bonds is 11. The van der Waals surface area contributed by atoms with E-state index in [2.05, 4.69) is 40.9 Å². The van der Waals surface area contributed by atoms with Crippen LogP contribution < -0.4 is 19.7 Å². The van der Waals surface area contributed by atoms with E-state index in [9.17, 15) is 28.6 Å². The minimum atomic E-state index is -4.64. The highest BCUT2D eigenvalue weighted by atomic mass is 32.2. The SMILES string of the molecule is N#CC1(CNc2ncc(S(=O)(=O)NC(=O)c3ccc(N4CCC5(CC4)CC(N4CCCC4)C5)cc3Oc3cnc4[nH]ccc4c3)cc2[N+](=O)[O-])CCOCC1. The lowest BCUT2D eigenvalue weighted by atomic mass is 9.60. The Morgan fingerprint density at radius 2 is 1.82 bits per heavy atom. The topological polar surface area (TPSA) is 209 Å². The van der Waals surface area contributed by atoms with Gasteiger partial charge < -0.3 is 29.6 Å². The summed E-state index contributed by atoms with van der Waals surface area (Å²) in [6.07, 6.45) is 12.3. The second kappa shape index (κ2) is 14.7. The molecular formula is C38H43N9O7S. The molecule has 3 aromatic heterocycles. The summed E-state index contributed by atoms with van der Waals surface area (Å²) < 4.78 is 40.8. The fourth-order valence-electron chi connectivity index (χ4n) is 8.47. The maximum atomic E-state index is 13.8. The van der Waals surface area contributed by atoms with Gasteiger partial charge in [-0.1, -0.05) is 0 Å². The second-order valence-electron chi connectivity index (χ2n) is 15.2. The van der Waals surface area contributed by atoms with E-state index in [4.69, 9.17) is 9.47 Å². The quantitative estimate of drug-likeness (QED) is 0.130. The molecular weight excluding hydrogens is 727 g/mol. The molecule has 1 aromatic carbocycles. The molecule has 3 aliphatic heterocycles. The Labute approximate surface area is 318 Å². The first kappa shape index (κ1) is 36.7. The number of sulfonamides is 1. The van der Waals surface area contributed by atoms with Crippen molar-refractivity contribution in [2.24, 2.45) is 10.8 Å². The average Bonchev–Trinajstić information content (AvgIpc) is 3.89. The molecule has 1 spiro atoms. The largest absolute Gasteiger partial charge is 0.455 e. The molecule has 17 heteroatoms. The maximum absolute atomic E-state index is 13.8. The number of hydrogen-bond acceptors (Lipinski definition) is 13. The first-order chi connectivity index (χ1) is 26.5. The maximum Gasteiger partial charge on any atom is 0.312 e. The summed E-state index contributed by atoms with van der Waals surface area (Å²) in [5.41, 5.74) is 0.394. The van der Waals surface area contributed by atoms with E-state index in [1.54, 1.807) is 24.4 Å². The number of piperidine rings is 1. The van der Waals surface area contributed by atoms with Crippen molar-refractivity contribution in [1.82, 2.24) is 24.6 Å². The van der Waals surface area contributed by atoms with Gasteiger partial charge in [0.25, 0.3) is 15.9 Å². The fourth-order valence-corrected chi connectivity index (χ4v) is 9.40. The molecule has 288 valence electrons. The van der Waals surface area contributed by atoms with Crippen molar-refractivity contribution in [1.29, 1.82) is 5.26 Å². The lowest BCUT2D eigenvalue weighted by Crippen LogP contribution is -2.54. The molecule has 3 saturated heterocycles. The van der Waals surface area contributed by atoms with Crippen LogP contribution in [-0.4, -0.2) is 91.1 Å². The van der Waals surface area contributed by atoms with Crippen LogP contribution >= 0.6 is 0 Å². The molecule has 6 heterocycles. The number of nitro groups is 1. The van der Waals surface area contributed by atoms with Crippen LogP contribution in [0.1, 0.15) is 61.7 Å². The zero-order valence-electron chi connectivity index (χ0n) is 30.3. The van der Waals surface area contributed by atoms with Gasteiger partial charge in [0.1, 0.15) is 22.0 Å². The molecule has 0 bridgehead atoms. The zero-order valence-corrected chi connectivity index (χ0v) is 31.1. The third-order valence-electron chi connectivity index (χ3n) is 11.9. The summed E-state index contributed by atoms with van der Waals surface area (Å²) in [6, 6.07) is 12.5. The monoisotopic (exact) mass is 769 g/mol. The third-order valence-corrected chi connectivity index (χ3v) is 13.2. The Balaban J connectivity index is 1.01. The van der Waals surface area contributed by atoms with Crippen molar-refractivity contribution in [3.63, 3.8) is 0 Å². The minimum Gasteiger partial charge on any atom is -0.455 e. The highest BCUT2D eigenvalue weighted by molar-refractivity contribution is 7.90. The number of pyridine rings is 2. The smallest absolute Gasteiger partial charge is 0.312 e. The number of fused-ring (bicyclic) bond motifs is 1. The van der Waals surface area contributed by atoms with Crippen molar-refractivity contribution in [2.75, 3.05) is 56.2 Å². The summed E-state index contributed by atoms with van der Waals surface area (Å²) in [6.45, 7) is 4.96. The van der Waals surface area contributed by atoms with Gasteiger partial charge in [-0.2, -0.15) is 5.26 Å². The van der Waals surface area contributed by atoms with Crippen molar-refractivity contribution < 1.29 is 27.6 Å². The molecule has 4 fully saturated rings. The number of aromatic amines is 1. The summed E-state index contributed by atoms with van der Waals surface area (Å²) in [5, 5.41) is 25.5. The molecule has 0 radical (unpaired) electrons. The van der Waals surface area contributed by atoms with E-state index in [0.717, 1.165) is 49.3 Å². The molecule has 0 unspecified atom stereocenters. The Hall–Kier alpha value is -5.31. The van der Waals surface area contributed by atoms with Crippen molar-refractivity contribution >= 4 is 44.2 Å². The van der Waals surface area contributed by atoms with Gasteiger partial charge in [0.05, 0.1) is 34.4 Å². The van der Waals surface area contributed by atoms with E-state index in [1.165, 1.54) is 51.0 Å². The molecule has 16 nitrogen and oxygen atoms in total. The summed E-state index contributed by atoms with van der Waals surface area (Å²) in [5.74, 6) is -0.702. The number of aromatic nitrogens is 3. The summed E-state index contributed by atoms with van der Waals surface area (Å²) in [7, 11) is -4.64. The van der Waals surface area contributed by atoms with Crippen LogP contribution in [0.15, 0.2) is 59.9 Å². The average molecular weight is 770 g/mol. The number of amides is 1. The van der Waals surface area contributed by atoms with Gasteiger partial charge in [-0.3, -0.25) is 14.9 Å². The summed E-state index contributed by atoms with van der Waals surface area (Å²) in [4.78, 5) is 40.9. The van der Waals surface area contributed by atoms with Crippen LogP contribution in [0.25, 0.3) is 11.0 Å². The Kier molecular flexibility index (Phi) is 9.82. The number of ether oxygens (including phenoxy) is 2. The number of nitrogens with zero attached hydrogens (tertiary/aromatic N) is 6. The van der Waals surface area contributed by atoms with Gasteiger partial charge in [0, 0.05) is 68.3 Å². The Morgan fingerprint density at radius 1 is 1.05 bits per heavy atom. The molecule has 1 amide bonds. The lowest BCUT2D eigenvalue weighted by molar-refractivity contribution is -0.384. The number of carbonyl (C=O) groups is 1. The minimum absolute atomic E-state index is 0.0542. The zero-order chi connectivity index (χ0) is 38.2. The van der Waals surface area contributed by atoms with Crippen molar-refractivity contribution in [2.45, 2.75) is 62.3 Å². The van der Waals surface area contributed by atoms with E-state index >= 15 is 0 Å². The molecule has 8 rings (SSSR count). The normalized spacial score (nSPS) is 19.8. The fraction of sp³-hybridized carbons (Fsp3) is 0.474. The molecule has 0 atom stereocenters. The first-order valence-corrected chi connectivity index (χ1v) is 20.2. The molecule has 55 heavy (non-hydrogen) atoms. The van der Waals surface area contributed by atoms with Gasteiger partial charge in [0.2, 0.25) is 5.82 Å². The number of nitriles is 1. The van der Waals surface area contributed by atoms with Gasteiger partial charge >= 0.3 is 5.69 Å². The predicted molar refractivity (Wildman–Crippen MR) is 202 cm³/mol. The Morgan fingerprint density at radius 3 is 2.55 bits per heavy atom. The standard InChI is InChI=1S/C38H43N9O7S/c39-24-38(8-15-53-16-9-38)25-43-35-32(47(49)50)19-30(23-42-35)55(51,52)44-36(48)31-4-3-27(18-33(31)54-29-17-26-5-10-40-34(26)41-22-29)46-13-6-37(7-14-46)20-28(21-37)45-11-1-2-12-45/h3-5,10,17-19,22-23,28H,1-2,6-9,11-16,20-21,25H2,(H,40,41)(H,42,43)(H,44,48). The number of hydrogen-bond donors (Lipinski definition) is 3. The molecule has 4 aliphatic rings. The number of likely N-dealkylation sites (tertiary alicyclic amines) is 1. The number of benzene rings is 1. The van der Waals surface area contributed by atoms with Crippen LogP contribution in [-0.2, 0) is 14.8 Å². The highest BCUT2D eigenvalue weighted by Crippen LogP contribution is 2.52. The number of carbonyl (C=O) groups excluding carboxylic acids is 1. The van der Waals surface area contributed by atoms with Gasteiger partial charge in [-0.05, 0) is 94.1 Å². The van der Waals surface area contributed by atoms with Crippen LogP contribution in [0.3, 0.4) is 0 Å². The molecule has 1 saturated carbocycles. The van der Waals surface area contributed by atoms with Crippen LogP contribution in [0.4, 0.5) is 17.2 Å². The van der Waals surface area contributed by atoms with Gasteiger partial charge in [-0.25, -0.2) is 23.1 Å². The van der Waals surface area contributed by atoms with Crippen LogP contribution in [0.5, 0.6) is 11.5 Å². The van der Waals surface area contributed by atoms with Crippen LogP contribution in [0.2, 0.25) is 0 Å². The van der Waals surface area contributed by atoms with E-state index in [0.29, 0.717) is 48.9 Å². The second-order valence-corrected chi connectivity index (χ2v) is 16.9. The highest BCUT2D eigenvalue weighted by Gasteiger charge is 2.48. The Bertz CT molecular complexity index is 2250. The van der Waals surface area contributed by atoms with E-state index in [1.807, 2.05) is 6.07 Å². The molecule has 1 aliphatic carbocycles. The first-order valence-electron chi connectivity index (χ1n) is 18.7. The van der Waals surface area contributed by atoms with Gasteiger partial charge in [0.15, 0.2) is 0 Å². The van der Waals surface area contributed by atoms with E-state index in [-0.39, 0.29) is 23.7 Å². The van der Waals surface area contributed by atoms with E-state index < -0.39 is 36.9 Å². The van der Waals surface area contributed by atoms with Crippen molar-refractivity contribution in [3.05, 3.63) is 70.7 Å². The molecule has 4 aromatic rings. The molecule has 3 N–H and O–H groups in total. The predicted octanol–water partition coefficient (Wildman–Crippen LogP) is 5.35. The number of H-pyrrole nitrogens is 1. The third kappa shape index (κ3) is 7.53. The van der Waals surface area contributed by atoms with Gasteiger partial charge in [-0.15, -0.1) is 0 Å². The summed E-state index contributed by atoms with van der Waals surface area (Å²) >= 11 is 0. The van der Waals surface area contributed by atoms with Crippen molar-refractivity contribution in [3.8, 4) is 17.6 Å². The number of nitrogens with one attached hydrogen (secondary N) is 3. The lowest BCUT2D eigenvalue weighted by Gasteiger charge is -2.55. The number of anilines is 2. The van der Waals surface area contributed by atoms with Crippen LogP contribution in [0, 0.1) is 32.3 Å².